The molecule has 0 bridgehead atoms. The van der Waals surface area contributed by atoms with Crippen LogP contribution in [0.4, 0.5) is 5.69 Å². The second kappa shape index (κ2) is 8.68. The number of sulfonamides is 1. The SMILES string of the molecule is CCOc1ccccc1NC(=O)CCN(Cc1ccco1)S(C)(=O)=O. The summed E-state index contributed by atoms with van der Waals surface area (Å²) >= 11 is 0. The molecule has 0 fully saturated rings. The minimum absolute atomic E-state index is 0.0221. The molecule has 1 N–H and O–H groups in total. The molecule has 0 radical (unpaired) electrons. The van der Waals surface area contributed by atoms with Gasteiger partial charge in [-0.15, -0.1) is 0 Å². The molecule has 0 spiro atoms. The number of benzene rings is 1. The molecule has 1 aromatic heterocycles. The number of hydrogen-bond acceptors (Lipinski definition) is 5. The Balaban J connectivity index is 1.97. The van der Waals surface area contributed by atoms with Gasteiger partial charge in [-0.25, -0.2) is 8.42 Å². The molecule has 2 aromatic rings. The molecule has 1 heterocycles. The van der Waals surface area contributed by atoms with Crippen molar-refractivity contribution in [1.29, 1.82) is 0 Å². The van der Waals surface area contributed by atoms with Crippen LogP contribution in [0.3, 0.4) is 0 Å². The summed E-state index contributed by atoms with van der Waals surface area (Å²) < 4.78 is 35.6. The van der Waals surface area contributed by atoms with Crippen molar-refractivity contribution in [2.24, 2.45) is 0 Å². The average molecular weight is 366 g/mol. The molecule has 0 saturated carbocycles. The molecule has 7 nitrogen and oxygen atoms in total. The number of para-hydroxylation sites is 2. The van der Waals surface area contributed by atoms with E-state index in [1.165, 1.54) is 10.6 Å². The van der Waals surface area contributed by atoms with Crippen molar-refractivity contribution < 1.29 is 22.4 Å². The fourth-order valence-electron chi connectivity index (χ4n) is 2.23. The van der Waals surface area contributed by atoms with Crippen molar-refractivity contribution in [2.75, 3.05) is 24.7 Å². The Labute approximate surface area is 147 Å². The fourth-order valence-corrected chi connectivity index (χ4v) is 3.01. The molecule has 1 aromatic carbocycles. The van der Waals surface area contributed by atoms with Gasteiger partial charge in [0.15, 0.2) is 0 Å². The lowest BCUT2D eigenvalue weighted by Crippen LogP contribution is -2.32. The summed E-state index contributed by atoms with van der Waals surface area (Å²) in [6, 6.07) is 10.5. The third kappa shape index (κ3) is 5.91. The third-order valence-corrected chi connectivity index (χ3v) is 4.68. The van der Waals surface area contributed by atoms with Crippen LogP contribution in [0.5, 0.6) is 5.75 Å². The number of furan rings is 1. The number of amides is 1. The molecule has 1 amide bonds. The molecule has 0 aliphatic rings. The van der Waals surface area contributed by atoms with Gasteiger partial charge in [0, 0.05) is 13.0 Å². The Morgan fingerprint density at radius 2 is 2.00 bits per heavy atom. The first-order valence-corrected chi connectivity index (χ1v) is 9.74. The van der Waals surface area contributed by atoms with Crippen LogP contribution in [-0.2, 0) is 21.4 Å². The lowest BCUT2D eigenvalue weighted by molar-refractivity contribution is -0.116. The Bertz CT molecular complexity index is 787. The van der Waals surface area contributed by atoms with Gasteiger partial charge in [0.05, 0.1) is 31.4 Å². The number of nitrogens with zero attached hydrogens (tertiary/aromatic N) is 1. The normalized spacial score (nSPS) is 11.5. The summed E-state index contributed by atoms with van der Waals surface area (Å²) in [6.45, 7) is 2.49. The van der Waals surface area contributed by atoms with E-state index in [9.17, 15) is 13.2 Å². The van der Waals surface area contributed by atoms with E-state index >= 15 is 0 Å². The number of anilines is 1. The van der Waals surface area contributed by atoms with Crippen molar-refractivity contribution in [1.82, 2.24) is 4.31 Å². The molecule has 0 aliphatic heterocycles. The third-order valence-electron chi connectivity index (χ3n) is 3.43. The van der Waals surface area contributed by atoms with Crippen molar-refractivity contribution in [3.63, 3.8) is 0 Å². The van der Waals surface area contributed by atoms with Crippen LogP contribution in [0.1, 0.15) is 19.1 Å². The van der Waals surface area contributed by atoms with Gasteiger partial charge in [-0.1, -0.05) is 12.1 Å². The highest BCUT2D eigenvalue weighted by Crippen LogP contribution is 2.23. The van der Waals surface area contributed by atoms with Crippen LogP contribution in [0.25, 0.3) is 0 Å². The van der Waals surface area contributed by atoms with Gasteiger partial charge >= 0.3 is 0 Å². The van der Waals surface area contributed by atoms with Crippen molar-refractivity contribution in [2.45, 2.75) is 19.9 Å². The van der Waals surface area contributed by atoms with E-state index in [1.807, 2.05) is 13.0 Å². The Hall–Kier alpha value is -2.32. The van der Waals surface area contributed by atoms with E-state index in [0.29, 0.717) is 23.8 Å². The highest BCUT2D eigenvalue weighted by atomic mass is 32.2. The topological polar surface area (TPSA) is 88.8 Å². The second-order valence-corrected chi connectivity index (χ2v) is 7.39. The summed E-state index contributed by atoms with van der Waals surface area (Å²) in [4.78, 5) is 12.2. The van der Waals surface area contributed by atoms with Crippen molar-refractivity contribution >= 4 is 21.6 Å². The van der Waals surface area contributed by atoms with Crippen LogP contribution in [0.2, 0.25) is 0 Å². The van der Waals surface area contributed by atoms with E-state index in [0.717, 1.165) is 6.26 Å². The molecule has 8 heteroatoms. The van der Waals surface area contributed by atoms with Crippen molar-refractivity contribution in [3.8, 4) is 5.75 Å². The van der Waals surface area contributed by atoms with Crippen LogP contribution in [0, 0.1) is 0 Å². The molecular formula is C17H22N2O5S. The van der Waals surface area contributed by atoms with Crippen LogP contribution in [-0.4, -0.2) is 38.0 Å². The second-order valence-electron chi connectivity index (χ2n) is 5.40. The standard InChI is InChI=1S/C17H22N2O5S/c1-3-23-16-9-5-4-8-15(16)18-17(20)10-11-19(25(2,21)22)13-14-7-6-12-24-14/h4-9,12H,3,10-11,13H2,1-2H3,(H,18,20). The number of rotatable bonds is 9. The van der Waals surface area contributed by atoms with Gasteiger partial charge < -0.3 is 14.5 Å². The first-order chi connectivity index (χ1) is 11.9. The first kappa shape index (κ1) is 19.0. The van der Waals surface area contributed by atoms with Crippen LogP contribution in [0.15, 0.2) is 47.1 Å². The summed E-state index contributed by atoms with van der Waals surface area (Å²) in [5.74, 6) is 0.807. The number of carbonyl (C=O) groups is 1. The Morgan fingerprint density at radius 1 is 1.24 bits per heavy atom. The van der Waals surface area contributed by atoms with Crippen LogP contribution < -0.4 is 10.1 Å². The van der Waals surface area contributed by atoms with Crippen molar-refractivity contribution in [3.05, 3.63) is 48.4 Å². The van der Waals surface area contributed by atoms with Gasteiger partial charge in [-0.05, 0) is 31.2 Å². The first-order valence-electron chi connectivity index (χ1n) is 7.89. The zero-order chi connectivity index (χ0) is 18.3. The van der Waals surface area contributed by atoms with Gasteiger partial charge in [-0.2, -0.15) is 4.31 Å². The number of ether oxygens (including phenoxy) is 1. The fraction of sp³-hybridized carbons (Fsp3) is 0.353. The number of carbonyl (C=O) groups excluding carboxylic acids is 1. The summed E-state index contributed by atoms with van der Waals surface area (Å²) in [6.07, 6.45) is 2.61. The zero-order valence-electron chi connectivity index (χ0n) is 14.3. The quantitative estimate of drug-likeness (QED) is 0.736. The highest BCUT2D eigenvalue weighted by Gasteiger charge is 2.19. The van der Waals surface area contributed by atoms with E-state index in [1.54, 1.807) is 30.3 Å². The summed E-state index contributed by atoms with van der Waals surface area (Å²) in [5, 5.41) is 2.75. The van der Waals surface area contributed by atoms with Crippen LogP contribution >= 0.6 is 0 Å². The smallest absolute Gasteiger partial charge is 0.225 e. The lowest BCUT2D eigenvalue weighted by atomic mass is 10.2. The van der Waals surface area contributed by atoms with E-state index in [2.05, 4.69) is 5.32 Å². The maximum Gasteiger partial charge on any atom is 0.225 e. The monoisotopic (exact) mass is 366 g/mol. The largest absolute Gasteiger partial charge is 0.492 e. The predicted octanol–water partition coefficient (Wildman–Crippen LogP) is 2.47. The summed E-state index contributed by atoms with van der Waals surface area (Å²) in [5.41, 5.74) is 0.561. The van der Waals surface area contributed by atoms with E-state index in [4.69, 9.17) is 9.15 Å². The molecule has 0 atom stereocenters. The van der Waals surface area contributed by atoms with Gasteiger partial charge in [0.25, 0.3) is 0 Å². The molecule has 0 saturated heterocycles. The van der Waals surface area contributed by atoms with E-state index < -0.39 is 10.0 Å². The maximum atomic E-state index is 12.2. The maximum absolute atomic E-state index is 12.2. The summed E-state index contributed by atoms with van der Waals surface area (Å²) in [7, 11) is -3.46. The molecule has 136 valence electrons. The number of hydrogen-bond donors (Lipinski definition) is 1. The minimum atomic E-state index is -3.46. The predicted molar refractivity (Wildman–Crippen MR) is 94.8 cm³/mol. The molecule has 0 aliphatic carbocycles. The molecule has 0 unspecified atom stereocenters. The molecular weight excluding hydrogens is 344 g/mol. The number of nitrogens with one attached hydrogen (secondary N) is 1. The average Bonchev–Trinajstić information content (AvgIpc) is 3.05. The van der Waals surface area contributed by atoms with E-state index in [-0.39, 0.29) is 25.4 Å². The zero-order valence-corrected chi connectivity index (χ0v) is 15.1. The molecule has 2 rings (SSSR count). The van der Waals surface area contributed by atoms with Gasteiger partial charge in [0.2, 0.25) is 15.9 Å². The molecule has 25 heavy (non-hydrogen) atoms. The van der Waals surface area contributed by atoms with Gasteiger partial charge in [-0.3, -0.25) is 4.79 Å². The highest BCUT2D eigenvalue weighted by molar-refractivity contribution is 7.88. The minimum Gasteiger partial charge on any atom is -0.492 e. The Morgan fingerprint density at radius 3 is 2.64 bits per heavy atom. The van der Waals surface area contributed by atoms with Gasteiger partial charge in [0.1, 0.15) is 11.5 Å². The lowest BCUT2D eigenvalue weighted by Gasteiger charge is -2.18. The Kier molecular flexibility index (Phi) is 6.60.